The van der Waals surface area contributed by atoms with Gasteiger partial charge in [-0.05, 0) is 6.92 Å². The number of rotatable bonds is 4. The minimum absolute atomic E-state index is 0.00375. The van der Waals surface area contributed by atoms with Crippen molar-refractivity contribution in [3.05, 3.63) is 23.1 Å². The summed E-state index contributed by atoms with van der Waals surface area (Å²) in [5, 5.41) is 19.3. The van der Waals surface area contributed by atoms with Gasteiger partial charge in [0.05, 0.1) is 12.2 Å². The Bertz CT molecular complexity index is 424. The molecule has 96 valence electrons. The minimum Gasteiger partial charge on any atom is -0.509 e. The molecule has 0 saturated heterocycles. The molecule has 0 saturated carbocycles. The zero-order chi connectivity index (χ0) is 13.2. The van der Waals surface area contributed by atoms with Crippen LogP contribution in [0.2, 0.25) is 0 Å². The van der Waals surface area contributed by atoms with Crippen LogP contribution in [0.25, 0.3) is 0 Å². The lowest BCUT2D eigenvalue weighted by atomic mass is 10.0. The molecule has 8 nitrogen and oxygen atoms in total. The summed E-state index contributed by atoms with van der Waals surface area (Å²) in [6, 6.07) is -0.946. The molecule has 1 aliphatic rings. The van der Waals surface area contributed by atoms with Crippen molar-refractivity contribution in [3.63, 3.8) is 0 Å². The first-order chi connectivity index (χ1) is 7.80. The normalized spacial score (nSPS) is 21.5. The zero-order valence-electron chi connectivity index (χ0n) is 8.85. The first-order valence-corrected chi connectivity index (χ1v) is 6.07. The highest BCUT2D eigenvalue weighted by atomic mass is 31.2. The van der Waals surface area contributed by atoms with Gasteiger partial charge in [0.15, 0.2) is 6.29 Å². The Kier molecular flexibility index (Phi) is 4.07. The number of aldehydes is 1. The first-order valence-electron chi connectivity index (χ1n) is 4.54. The van der Waals surface area contributed by atoms with Gasteiger partial charge in [-0.2, -0.15) is 4.62 Å². The van der Waals surface area contributed by atoms with Crippen LogP contribution in [0.3, 0.4) is 0 Å². The molecule has 4 N–H and O–H groups in total. The molecule has 1 unspecified atom stereocenters. The number of hydrogen-bond acceptors (Lipinski definition) is 6. The van der Waals surface area contributed by atoms with E-state index in [9.17, 15) is 14.5 Å². The summed E-state index contributed by atoms with van der Waals surface area (Å²) in [7, 11) is -4.79. The van der Waals surface area contributed by atoms with Crippen molar-refractivity contribution in [2.75, 3.05) is 6.61 Å². The van der Waals surface area contributed by atoms with Gasteiger partial charge >= 0.3 is 7.82 Å². The molecule has 0 aromatic heterocycles. The SMILES string of the molecule is CC1C(O)=C(C=O)C(CO)=CN1OP(=O)(O)O. The molecule has 0 aliphatic carbocycles. The van der Waals surface area contributed by atoms with E-state index in [0.717, 1.165) is 6.20 Å². The molecular formula is C8H12NO7P. The lowest BCUT2D eigenvalue weighted by Gasteiger charge is -2.31. The molecule has 0 radical (unpaired) electrons. The van der Waals surface area contributed by atoms with Gasteiger partial charge in [0, 0.05) is 11.8 Å². The molecule has 0 aromatic carbocycles. The third-order valence-corrected chi connectivity index (χ3v) is 2.57. The molecule has 0 bridgehead atoms. The number of aliphatic hydroxyl groups excluding tert-OH is 2. The van der Waals surface area contributed by atoms with E-state index >= 15 is 0 Å². The van der Waals surface area contributed by atoms with Crippen LogP contribution in [0, 0.1) is 0 Å². The van der Waals surface area contributed by atoms with E-state index in [4.69, 9.17) is 14.9 Å². The summed E-state index contributed by atoms with van der Waals surface area (Å²) in [5.41, 5.74) is -0.116. The second-order valence-corrected chi connectivity index (χ2v) is 4.48. The number of nitrogens with zero attached hydrogens (tertiary/aromatic N) is 1. The van der Waals surface area contributed by atoms with E-state index in [0.29, 0.717) is 11.3 Å². The molecular weight excluding hydrogens is 253 g/mol. The molecule has 0 amide bonds. The van der Waals surface area contributed by atoms with Crippen molar-refractivity contribution in [1.29, 1.82) is 0 Å². The van der Waals surface area contributed by atoms with Gasteiger partial charge in [0.25, 0.3) is 0 Å². The minimum atomic E-state index is -4.79. The molecule has 1 heterocycles. The van der Waals surface area contributed by atoms with Crippen molar-refractivity contribution in [2.24, 2.45) is 0 Å². The van der Waals surface area contributed by atoms with Crippen LogP contribution in [0.15, 0.2) is 23.1 Å². The monoisotopic (exact) mass is 265 g/mol. The lowest BCUT2D eigenvalue weighted by molar-refractivity contribution is -0.105. The average Bonchev–Trinajstić information content (AvgIpc) is 2.22. The fourth-order valence-electron chi connectivity index (χ4n) is 1.32. The summed E-state index contributed by atoms with van der Waals surface area (Å²) < 4.78 is 15.0. The number of hydrogen-bond donors (Lipinski definition) is 4. The molecule has 1 rings (SSSR count). The van der Waals surface area contributed by atoms with Gasteiger partial charge in [-0.1, -0.05) is 0 Å². The summed E-state index contributed by atoms with van der Waals surface area (Å²) >= 11 is 0. The Labute approximate surface area is 96.6 Å². The molecule has 17 heavy (non-hydrogen) atoms. The fraction of sp³-hybridized carbons (Fsp3) is 0.375. The summed E-state index contributed by atoms with van der Waals surface area (Å²) in [4.78, 5) is 28.0. The van der Waals surface area contributed by atoms with Crippen molar-refractivity contribution < 1.29 is 34.0 Å². The Hall–Kier alpha value is -1.18. The third kappa shape index (κ3) is 3.15. The first kappa shape index (κ1) is 13.9. The maximum Gasteiger partial charge on any atom is 0.491 e. The van der Waals surface area contributed by atoms with Crippen molar-refractivity contribution in [3.8, 4) is 0 Å². The zero-order valence-corrected chi connectivity index (χ0v) is 9.74. The van der Waals surface area contributed by atoms with Gasteiger partial charge in [-0.15, -0.1) is 0 Å². The van der Waals surface area contributed by atoms with Crippen LogP contribution in [-0.4, -0.2) is 44.0 Å². The molecule has 9 heteroatoms. The van der Waals surface area contributed by atoms with E-state index in [1.807, 2.05) is 0 Å². The van der Waals surface area contributed by atoms with E-state index in [1.165, 1.54) is 6.92 Å². The highest BCUT2D eigenvalue weighted by Crippen LogP contribution is 2.40. The van der Waals surface area contributed by atoms with Crippen LogP contribution >= 0.6 is 7.82 Å². The van der Waals surface area contributed by atoms with Gasteiger partial charge in [0.2, 0.25) is 0 Å². The average molecular weight is 265 g/mol. The van der Waals surface area contributed by atoms with Gasteiger partial charge in [-0.25, -0.2) is 9.63 Å². The maximum absolute atomic E-state index is 10.7. The van der Waals surface area contributed by atoms with Gasteiger partial charge in [0.1, 0.15) is 11.8 Å². The molecule has 1 atom stereocenters. The van der Waals surface area contributed by atoms with E-state index in [-0.39, 0.29) is 11.1 Å². The van der Waals surface area contributed by atoms with Crippen LogP contribution in [0.1, 0.15) is 6.92 Å². The van der Waals surface area contributed by atoms with Gasteiger partial charge < -0.3 is 20.0 Å². The Morgan fingerprint density at radius 3 is 2.59 bits per heavy atom. The topological polar surface area (TPSA) is 128 Å². The highest BCUT2D eigenvalue weighted by Gasteiger charge is 2.31. The van der Waals surface area contributed by atoms with E-state index in [1.54, 1.807) is 0 Å². The van der Waals surface area contributed by atoms with Crippen molar-refractivity contribution in [1.82, 2.24) is 5.06 Å². The Balaban J connectivity index is 3.08. The summed E-state index contributed by atoms with van der Waals surface area (Å²) in [5.74, 6) is -0.431. The smallest absolute Gasteiger partial charge is 0.491 e. The largest absolute Gasteiger partial charge is 0.509 e. The van der Waals surface area contributed by atoms with E-state index < -0.39 is 26.2 Å². The van der Waals surface area contributed by atoms with Crippen LogP contribution in [-0.2, 0) is 14.0 Å². The summed E-state index contributed by atoms with van der Waals surface area (Å²) in [6.07, 6.45) is 1.40. The van der Waals surface area contributed by atoms with E-state index in [2.05, 4.69) is 4.62 Å². The second-order valence-electron chi connectivity index (χ2n) is 3.34. The molecule has 0 aromatic rings. The standard InChI is InChI=1S/C8H12NO7P/c1-5-8(12)7(4-11)6(3-10)2-9(5)16-17(13,14)15/h2,4-5,10,12H,3H2,1H3,(H2,13,14,15). The second kappa shape index (κ2) is 4.99. The van der Waals surface area contributed by atoms with Crippen molar-refractivity contribution >= 4 is 14.1 Å². The Morgan fingerprint density at radius 2 is 2.18 bits per heavy atom. The third-order valence-electron chi connectivity index (χ3n) is 2.17. The molecule has 1 aliphatic heterocycles. The fourth-order valence-corrected chi connectivity index (χ4v) is 1.76. The van der Waals surface area contributed by atoms with Gasteiger partial charge in [-0.3, -0.25) is 4.79 Å². The number of phosphoric acid groups is 1. The van der Waals surface area contributed by atoms with Crippen LogP contribution in [0.4, 0.5) is 0 Å². The van der Waals surface area contributed by atoms with Crippen LogP contribution in [0.5, 0.6) is 0 Å². The Morgan fingerprint density at radius 1 is 1.59 bits per heavy atom. The predicted octanol–water partition coefficient (Wildman–Crippen LogP) is -0.398. The molecule has 0 fully saturated rings. The predicted molar refractivity (Wildman–Crippen MR) is 55.3 cm³/mol. The lowest BCUT2D eigenvalue weighted by Crippen LogP contribution is -2.34. The quantitative estimate of drug-likeness (QED) is 0.399. The molecule has 0 spiro atoms. The summed E-state index contributed by atoms with van der Waals surface area (Å²) in [6.45, 7) is 0.797. The number of carbonyl (C=O) groups is 1. The number of carbonyl (C=O) groups excluding carboxylic acids is 1. The van der Waals surface area contributed by atoms with Crippen molar-refractivity contribution in [2.45, 2.75) is 13.0 Å². The van der Waals surface area contributed by atoms with Crippen LogP contribution < -0.4 is 0 Å². The number of aliphatic hydroxyl groups is 2. The highest BCUT2D eigenvalue weighted by molar-refractivity contribution is 7.46. The number of hydroxylamine groups is 2. The maximum atomic E-state index is 10.7.